The summed E-state index contributed by atoms with van der Waals surface area (Å²) < 4.78 is 34.0. The van der Waals surface area contributed by atoms with Crippen LogP contribution in [0.15, 0.2) is 64.0 Å². The Morgan fingerprint density at radius 3 is 2.41 bits per heavy atom. The number of sulfonamides is 1. The Kier molecular flexibility index (Phi) is 7.03. The van der Waals surface area contributed by atoms with Gasteiger partial charge in [-0.15, -0.1) is 0 Å². The van der Waals surface area contributed by atoms with E-state index in [4.69, 9.17) is 16.0 Å². The molecule has 1 aliphatic rings. The number of halogens is 1. The highest BCUT2D eigenvalue weighted by atomic mass is 35.5. The van der Waals surface area contributed by atoms with Crippen LogP contribution in [0.3, 0.4) is 0 Å². The van der Waals surface area contributed by atoms with Crippen molar-refractivity contribution in [2.75, 3.05) is 17.6 Å². The van der Waals surface area contributed by atoms with Crippen molar-refractivity contribution in [3.05, 3.63) is 76.3 Å². The Bertz CT molecular complexity index is 1770. The number of anilines is 2. The molecule has 8 nitrogen and oxygen atoms in total. The zero-order valence-electron chi connectivity index (χ0n) is 21.5. The van der Waals surface area contributed by atoms with Crippen molar-refractivity contribution in [3.63, 3.8) is 0 Å². The Morgan fingerprint density at radius 2 is 1.85 bits per heavy atom. The summed E-state index contributed by atoms with van der Waals surface area (Å²) in [6, 6.07) is 17.0. The molecule has 2 N–H and O–H groups in total. The molecule has 0 aliphatic heterocycles. The van der Waals surface area contributed by atoms with Crippen LogP contribution in [0.4, 0.5) is 11.4 Å². The first-order valence-corrected chi connectivity index (χ1v) is 14.5. The summed E-state index contributed by atoms with van der Waals surface area (Å²) in [6.45, 7) is 1.90. The number of fused-ring (bicyclic) bond motifs is 1. The topological polar surface area (TPSA) is 127 Å². The van der Waals surface area contributed by atoms with Gasteiger partial charge in [0.25, 0.3) is 0 Å². The van der Waals surface area contributed by atoms with E-state index in [0.29, 0.717) is 22.1 Å². The van der Waals surface area contributed by atoms with E-state index in [1.54, 1.807) is 25.2 Å². The minimum Gasteiger partial charge on any atom is -0.455 e. The molecule has 3 aromatic carbocycles. The summed E-state index contributed by atoms with van der Waals surface area (Å²) in [7, 11) is -4.04. The van der Waals surface area contributed by atoms with Crippen molar-refractivity contribution < 1.29 is 22.9 Å². The van der Waals surface area contributed by atoms with Crippen LogP contribution >= 0.6 is 11.6 Å². The van der Waals surface area contributed by atoms with Crippen molar-refractivity contribution in [1.82, 2.24) is 0 Å². The molecule has 4 aromatic rings. The summed E-state index contributed by atoms with van der Waals surface area (Å²) >= 11 is 6.11. The van der Waals surface area contributed by atoms with Crippen LogP contribution in [0.25, 0.3) is 22.3 Å². The van der Waals surface area contributed by atoms with Gasteiger partial charge in [0, 0.05) is 40.4 Å². The highest BCUT2D eigenvalue weighted by Crippen LogP contribution is 2.49. The molecule has 0 unspecified atom stereocenters. The second kappa shape index (κ2) is 10.2. The zero-order valence-corrected chi connectivity index (χ0v) is 23.1. The maximum atomic E-state index is 13.2. The fourth-order valence-corrected chi connectivity index (χ4v) is 5.96. The lowest BCUT2D eigenvalue weighted by Crippen LogP contribution is -2.33. The Labute approximate surface area is 232 Å². The van der Waals surface area contributed by atoms with Gasteiger partial charge in [-0.25, -0.2) is 12.7 Å². The normalized spacial score (nSPS) is 13.9. The largest absolute Gasteiger partial charge is 0.489 e. The fraction of sp³-hybridized carbons (Fsp3) is 0.214. The van der Waals surface area contributed by atoms with Crippen LogP contribution in [-0.4, -0.2) is 44.6 Å². The van der Waals surface area contributed by atoms with Crippen molar-refractivity contribution >= 4 is 62.3 Å². The molecule has 0 saturated heterocycles. The molecule has 0 atom stereocenters. The van der Waals surface area contributed by atoms with E-state index in [-0.39, 0.29) is 22.6 Å². The average molecular weight is 562 g/mol. The van der Waals surface area contributed by atoms with Crippen LogP contribution in [0.5, 0.6) is 0 Å². The highest BCUT2D eigenvalue weighted by molar-refractivity contribution is 7.92. The molecule has 11 heteroatoms. The second-order valence-corrected chi connectivity index (χ2v) is 11.9. The Balaban J connectivity index is 1.79. The number of hydrogen-bond acceptors (Lipinski definition) is 7. The summed E-state index contributed by atoms with van der Waals surface area (Å²) in [5.41, 5.74) is 4.29. The number of aliphatic imine (C=N–C) groups is 1. The predicted octanol–water partition coefficient (Wildman–Crippen LogP) is 4.72. The monoisotopic (exact) mass is 561 g/mol. The van der Waals surface area contributed by atoms with Gasteiger partial charge in [-0.3, -0.25) is 4.99 Å². The Morgan fingerprint density at radius 1 is 1.15 bits per heavy atom. The van der Waals surface area contributed by atoms with Gasteiger partial charge in [-0.05, 0) is 79.2 Å². The van der Waals surface area contributed by atoms with Gasteiger partial charge in [0.05, 0.1) is 29.3 Å². The van der Waals surface area contributed by atoms with E-state index in [9.17, 15) is 23.7 Å². The number of nitriles is 1. The summed E-state index contributed by atoms with van der Waals surface area (Å²) in [5, 5.41) is 30.3. The fourth-order valence-electron chi connectivity index (χ4n) is 4.82. The molecule has 1 aliphatic carbocycles. The van der Waals surface area contributed by atoms with Gasteiger partial charge in [-0.1, -0.05) is 17.7 Å². The molecule has 1 fully saturated rings. The number of benzene rings is 3. The molecule has 198 valence electrons. The van der Waals surface area contributed by atoms with Crippen LogP contribution < -0.4 is 9.77 Å². The first-order valence-electron chi connectivity index (χ1n) is 12.2. The first kappa shape index (κ1) is 27.0. The zero-order chi connectivity index (χ0) is 28.1. The van der Waals surface area contributed by atoms with Gasteiger partial charge in [0.15, 0.2) is 0 Å². The van der Waals surface area contributed by atoms with E-state index >= 15 is 0 Å². The van der Waals surface area contributed by atoms with Crippen molar-refractivity contribution in [2.24, 2.45) is 4.99 Å². The summed E-state index contributed by atoms with van der Waals surface area (Å²) in [4.78, 5) is 4.41. The van der Waals surface area contributed by atoms with Crippen LogP contribution in [0.2, 0.25) is 5.02 Å². The first-order chi connectivity index (χ1) is 18.5. The molecule has 1 saturated carbocycles. The molecule has 1 heterocycles. The molecule has 1 aromatic heterocycles. The maximum absolute atomic E-state index is 13.2. The van der Waals surface area contributed by atoms with E-state index in [1.807, 2.05) is 31.2 Å². The number of nitrogens with zero attached hydrogens (tertiary/aromatic N) is 3. The van der Waals surface area contributed by atoms with E-state index in [0.717, 1.165) is 46.9 Å². The molecule has 0 radical (unpaired) electrons. The van der Waals surface area contributed by atoms with Crippen molar-refractivity contribution in [1.29, 1.82) is 5.26 Å². The van der Waals surface area contributed by atoms with E-state index in [1.165, 1.54) is 22.5 Å². The molecular weight excluding hydrogens is 537 g/mol. The van der Waals surface area contributed by atoms with E-state index in [2.05, 4.69) is 4.99 Å². The minimum atomic E-state index is -3.89. The minimum absolute atomic E-state index is 0.00909. The third kappa shape index (κ3) is 5.06. The van der Waals surface area contributed by atoms with Gasteiger partial charge < -0.3 is 14.5 Å². The summed E-state index contributed by atoms with van der Waals surface area (Å²) in [6.07, 6.45) is 2.91. The number of rotatable bonds is 7. The van der Waals surface area contributed by atoms with Crippen molar-refractivity contribution in [2.45, 2.75) is 25.7 Å². The van der Waals surface area contributed by atoms with Gasteiger partial charge in [0.1, 0.15) is 11.3 Å². The lowest BCUT2D eigenvalue weighted by Gasteiger charge is -2.26. The third-order valence-electron chi connectivity index (χ3n) is 6.88. The molecular formula is C28H25BClN3O5S. The van der Waals surface area contributed by atoms with Crippen LogP contribution in [-0.2, 0) is 10.0 Å². The molecule has 0 amide bonds. The molecule has 5 rings (SSSR count). The second-order valence-electron chi connectivity index (χ2n) is 9.59. The van der Waals surface area contributed by atoms with Gasteiger partial charge in [0.2, 0.25) is 10.0 Å². The lowest BCUT2D eigenvalue weighted by molar-refractivity contribution is 0.425. The van der Waals surface area contributed by atoms with Crippen LogP contribution in [0.1, 0.15) is 42.4 Å². The quantitative estimate of drug-likeness (QED) is 0.248. The smallest absolute Gasteiger partial charge is 0.455 e. The van der Waals surface area contributed by atoms with Gasteiger partial charge >= 0.3 is 7.12 Å². The maximum Gasteiger partial charge on any atom is 0.489 e. The third-order valence-corrected chi connectivity index (χ3v) is 8.20. The summed E-state index contributed by atoms with van der Waals surface area (Å²) in [5.74, 6) is 0.755. The SMILES string of the molecule is CN=C(C)c1c(-c2ccc(Cl)cc2)oc2cc(N(c3ccc(B(O)O)c(C#N)c3)S(C)(=O)=O)c(C3CC3)cc12. The standard InChI is InChI=1S/C28H25BClN3O5S/c1-16(32-2)27-23-13-22(17-4-5-17)25(14-26(23)38-28(27)18-6-8-20(30)9-7-18)33(39(3,36)37)21-10-11-24(29(34)35)19(12-21)15-31/h6-14,17,34-35H,4-5H2,1-3H3. The van der Waals surface area contributed by atoms with Crippen LogP contribution in [0, 0.1) is 11.3 Å². The number of furan rings is 1. The van der Waals surface area contributed by atoms with Crippen molar-refractivity contribution in [3.8, 4) is 17.4 Å². The number of hydrogen-bond donors (Lipinski definition) is 2. The lowest BCUT2D eigenvalue weighted by atomic mass is 9.77. The molecule has 0 spiro atoms. The predicted molar refractivity (Wildman–Crippen MR) is 155 cm³/mol. The molecule has 39 heavy (non-hydrogen) atoms. The Hall–Kier alpha value is -3.62. The van der Waals surface area contributed by atoms with Gasteiger partial charge in [-0.2, -0.15) is 5.26 Å². The molecule has 0 bridgehead atoms. The average Bonchev–Trinajstić information content (AvgIpc) is 3.67. The highest BCUT2D eigenvalue weighted by Gasteiger charge is 2.33. The van der Waals surface area contributed by atoms with E-state index < -0.39 is 17.1 Å².